The Balaban J connectivity index is 1.39. The fourth-order valence-electron chi connectivity index (χ4n) is 3.17. The minimum absolute atomic E-state index is 0.116. The number of ether oxygens (including phenoxy) is 1. The first-order chi connectivity index (χ1) is 15.6. The van der Waals surface area contributed by atoms with Gasteiger partial charge in [0.05, 0.1) is 5.69 Å². The van der Waals surface area contributed by atoms with Crippen molar-refractivity contribution in [3.05, 3.63) is 65.8 Å². The number of hydrogen-bond donors (Lipinski definition) is 3. The van der Waals surface area contributed by atoms with E-state index in [2.05, 4.69) is 20.8 Å². The fourth-order valence-corrected chi connectivity index (χ4v) is 3.17. The van der Waals surface area contributed by atoms with Gasteiger partial charge in [0, 0.05) is 29.4 Å². The van der Waals surface area contributed by atoms with Gasteiger partial charge >= 0.3 is 12.0 Å². The number of urea groups is 1. The Morgan fingerprint density at radius 3 is 2.42 bits per heavy atom. The maximum absolute atomic E-state index is 12.2. The van der Waals surface area contributed by atoms with E-state index in [1.165, 1.54) is 4.40 Å². The number of hydrogen-bond acceptors (Lipinski definition) is 6. The van der Waals surface area contributed by atoms with E-state index >= 15 is 0 Å². The van der Waals surface area contributed by atoms with Crippen molar-refractivity contribution in [2.45, 2.75) is 33.1 Å². The third-order valence-electron chi connectivity index (χ3n) is 4.81. The van der Waals surface area contributed by atoms with Crippen molar-refractivity contribution >= 4 is 29.2 Å². The lowest BCUT2D eigenvalue weighted by molar-refractivity contribution is 0.0688. The van der Waals surface area contributed by atoms with Gasteiger partial charge in [0.15, 0.2) is 11.5 Å². The number of pyridine rings is 1. The summed E-state index contributed by atoms with van der Waals surface area (Å²) < 4.78 is 12.6. The Kier molecular flexibility index (Phi) is 5.50. The lowest BCUT2D eigenvalue weighted by Gasteiger charge is -2.12. The molecule has 4 aromatic rings. The smallest absolute Gasteiger partial charge is 0.354 e. The zero-order chi connectivity index (χ0) is 23.8. The number of imidazole rings is 1. The summed E-state index contributed by atoms with van der Waals surface area (Å²) in [6.07, 6.45) is 1.60. The van der Waals surface area contributed by atoms with Crippen LogP contribution in [0.5, 0.6) is 11.5 Å². The Morgan fingerprint density at radius 2 is 1.79 bits per heavy atom. The molecular formula is C23H23N5O5. The third kappa shape index (κ3) is 4.79. The van der Waals surface area contributed by atoms with Crippen LogP contribution in [0.25, 0.3) is 5.65 Å². The number of aromatic nitrogens is 3. The summed E-state index contributed by atoms with van der Waals surface area (Å²) in [6.45, 7) is 7.61. The second-order valence-electron chi connectivity index (χ2n) is 8.47. The molecule has 0 aliphatic carbocycles. The highest BCUT2D eigenvalue weighted by Crippen LogP contribution is 2.26. The maximum Gasteiger partial charge on any atom is 0.354 e. The molecular weight excluding hydrogens is 426 g/mol. The normalized spacial score (nSPS) is 11.4. The molecule has 0 fully saturated rings. The third-order valence-corrected chi connectivity index (χ3v) is 4.81. The van der Waals surface area contributed by atoms with Gasteiger partial charge in [-0.2, -0.15) is 0 Å². The summed E-state index contributed by atoms with van der Waals surface area (Å²) in [4.78, 5) is 27.9. The summed E-state index contributed by atoms with van der Waals surface area (Å²) in [5.74, 6) is 0.996. The van der Waals surface area contributed by atoms with Gasteiger partial charge in [-0.05, 0) is 37.3 Å². The first kappa shape index (κ1) is 21.9. The quantitative estimate of drug-likeness (QED) is 0.388. The van der Waals surface area contributed by atoms with E-state index in [1.807, 2.05) is 20.8 Å². The number of rotatable bonds is 5. The minimum Gasteiger partial charge on any atom is -0.477 e. The van der Waals surface area contributed by atoms with Crippen LogP contribution in [0.3, 0.4) is 0 Å². The van der Waals surface area contributed by atoms with Crippen LogP contribution in [0, 0.1) is 6.92 Å². The van der Waals surface area contributed by atoms with Crippen LogP contribution in [-0.2, 0) is 5.41 Å². The predicted molar refractivity (Wildman–Crippen MR) is 121 cm³/mol. The van der Waals surface area contributed by atoms with Crippen molar-refractivity contribution in [1.29, 1.82) is 0 Å². The molecule has 10 heteroatoms. The number of nitrogens with one attached hydrogen (secondary N) is 2. The largest absolute Gasteiger partial charge is 0.477 e. The highest BCUT2D eigenvalue weighted by Gasteiger charge is 2.20. The van der Waals surface area contributed by atoms with Crippen LogP contribution in [-0.4, -0.2) is 31.6 Å². The molecule has 2 amide bonds. The summed E-state index contributed by atoms with van der Waals surface area (Å²) >= 11 is 0. The average molecular weight is 449 g/mol. The summed E-state index contributed by atoms with van der Waals surface area (Å²) in [5, 5.41) is 18.5. The molecule has 10 nitrogen and oxygen atoms in total. The van der Waals surface area contributed by atoms with Crippen molar-refractivity contribution < 1.29 is 24.0 Å². The van der Waals surface area contributed by atoms with Gasteiger partial charge in [-0.25, -0.2) is 14.6 Å². The van der Waals surface area contributed by atoms with Crippen molar-refractivity contribution in [2.75, 3.05) is 10.6 Å². The number of fused-ring (bicyclic) bond motifs is 1. The highest BCUT2D eigenvalue weighted by molar-refractivity contribution is 5.99. The monoisotopic (exact) mass is 449 g/mol. The molecule has 0 saturated heterocycles. The van der Waals surface area contributed by atoms with Crippen LogP contribution in [0.4, 0.5) is 16.3 Å². The molecule has 170 valence electrons. The number of carboxylic acid groups (broad SMARTS) is 1. The number of amides is 2. The summed E-state index contributed by atoms with van der Waals surface area (Å²) in [7, 11) is 0. The van der Waals surface area contributed by atoms with Gasteiger partial charge in [-0.15, -0.1) is 0 Å². The van der Waals surface area contributed by atoms with E-state index in [0.717, 1.165) is 0 Å². The maximum atomic E-state index is 12.2. The number of aryl methyl sites for hydroxylation is 1. The van der Waals surface area contributed by atoms with Crippen LogP contribution in [0.15, 0.2) is 53.2 Å². The molecule has 0 atom stereocenters. The Morgan fingerprint density at radius 1 is 1.06 bits per heavy atom. The summed E-state index contributed by atoms with van der Waals surface area (Å²) in [6, 6.07) is 11.3. The molecule has 4 rings (SSSR count). The predicted octanol–water partition coefficient (Wildman–Crippen LogP) is 5.06. The van der Waals surface area contributed by atoms with Crippen molar-refractivity contribution in [3.63, 3.8) is 0 Å². The van der Waals surface area contributed by atoms with E-state index < -0.39 is 12.0 Å². The number of aromatic carboxylic acids is 1. The number of carbonyl (C=O) groups is 2. The minimum atomic E-state index is -1.04. The lowest BCUT2D eigenvalue weighted by atomic mass is 9.93. The van der Waals surface area contributed by atoms with E-state index in [9.17, 15) is 14.7 Å². The van der Waals surface area contributed by atoms with Crippen molar-refractivity contribution in [2.24, 2.45) is 0 Å². The molecule has 0 spiro atoms. The Bertz CT molecular complexity index is 1330. The molecule has 3 heterocycles. The number of nitrogens with zero attached hydrogens (tertiary/aromatic N) is 3. The first-order valence-electron chi connectivity index (χ1n) is 10.2. The second-order valence-corrected chi connectivity index (χ2v) is 8.47. The molecule has 0 aliphatic rings. The number of carbonyl (C=O) groups excluding carboxylic acids is 1. The Hall–Kier alpha value is -4.34. The molecule has 0 unspecified atom stereocenters. The summed E-state index contributed by atoms with van der Waals surface area (Å²) in [5.41, 5.74) is 1.36. The second kappa shape index (κ2) is 8.30. The van der Waals surface area contributed by atoms with Crippen LogP contribution >= 0.6 is 0 Å². The number of carboxylic acids is 1. The van der Waals surface area contributed by atoms with E-state index in [0.29, 0.717) is 40.1 Å². The molecule has 1 aromatic carbocycles. The van der Waals surface area contributed by atoms with Gasteiger partial charge in [0.1, 0.15) is 22.9 Å². The zero-order valence-corrected chi connectivity index (χ0v) is 18.5. The van der Waals surface area contributed by atoms with Crippen molar-refractivity contribution in [3.8, 4) is 11.5 Å². The molecule has 0 bridgehead atoms. The van der Waals surface area contributed by atoms with Gasteiger partial charge in [-0.1, -0.05) is 25.9 Å². The molecule has 0 radical (unpaired) electrons. The fraction of sp³-hybridized carbons (Fsp3) is 0.217. The van der Waals surface area contributed by atoms with Crippen LogP contribution in [0.2, 0.25) is 0 Å². The van der Waals surface area contributed by atoms with E-state index in [4.69, 9.17) is 9.26 Å². The molecule has 3 N–H and O–H groups in total. The highest BCUT2D eigenvalue weighted by atomic mass is 16.5. The average Bonchev–Trinajstić information content (AvgIpc) is 3.32. The van der Waals surface area contributed by atoms with Crippen LogP contribution < -0.4 is 15.4 Å². The van der Waals surface area contributed by atoms with Crippen LogP contribution in [0.1, 0.15) is 42.7 Å². The number of anilines is 2. The van der Waals surface area contributed by atoms with Gasteiger partial charge in [0.2, 0.25) is 0 Å². The molecule has 0 aliphatic heterocycles. The lowest BCUT2D eigenvalue weighted by Crippen LogP contribution is -2.19. The number of benzene rings is 1. The molecule has 0 saturated carbocycles. The first-order valence-corrected chi connectivity index (χ1v) is 10.2. The van der Waals surface area contributed by atoms with E-state index in [1.54, 1.807) is 55.6 Å². The SMILES string of the molecule is Cc1nc2cc(Oc3ccc(NC(=O)Nc4cc(C(C)(C)C)on4)cc3)ccn2c1C(=O)O. The van der Waals surface area contributed by atoms with Gasteiger partial charge < -0.3 is 19.7 Å². The van der Waals surface area contributed by atoms with Crippen molar-refractivity contribution in [1.82, 2.24) is 14.5 Å². The topological polar surface area (TPSA) is 131 Å². The molecule has 33 heavy (non-hydrogen) atoms. The Labute approximate surface area is 189 Å². The standard InChI is InChI=1S/C23H23N5O5/c1-13-20(21(29)30)28-10-9-16(11-19(28)24-13)32-15-7-5-14(6-8-15)25-22(31)26-18-12-17(33-27-18)23(2,3)4/h5-12H,1-4H3,(H,29,30)(H2,25,26,27,31). The van der Waals surface area contributed by atoms with Gasteiger partial charge in [-0.3, -0.25) is 9.72 Å². The zero-order valence-electron chi connectivity index (χ0n) is 18.5. The van der Waals surface area contributed by atoms with E-state index in [-0.39, 0.29) is 11.1 Å². The van der Waals surface area contributed by atoms with Gasteiger partial charge in [0.25, 0.3) is 0 Å². The molecule has 3 aromatic heterocycles.